The Bertz CT molecular complexity index is 744. The fourth-order valence-corrected chi connectivity index (χ4v) is 1.22. The third-order valence-corrected chi connectivity index (χ3v) is 1.84. The second-order valence-electron chi connectivity index (χ2n) is 3.20. The molecule has 1 N–H and O–H groups in total. The Morgan fingerprint density at radius 3 is 1.78 bits per heavy atom. The molecule has 0 radical (unpaired) electrons. The number of benzene rings is 1. The van der Waals surface area contributed by atoms with Gasteiger partial charge in [-0.25, -0.2) is 0 Å². The molecule has 122 valence electrons. The Morgan fingerprint density at radius 2 is 1.35 bits per heavy atom. The number of allylic oxidation sites excluding steroid dienone is 1. The van der Waals surface area contributed by atoms with Gasteiger partial charge >= 0.3 is 9.33 Å². The van der Waals surface area contributed by atoms with Crippen molar-refractivity contribution in [1.82, 2.24) is 0 Å². The molecule has 0 unspecified atom stereocenters. The molecule has 0 atom stereocenters. The van der Waals surface area contributed by atoms with E-state index in [1.54, 1.807) is 18.2 Å². The first-order valence-electron chi connectivity index (χ1n) is 5.12. The number of hydrogen-bond donors (Lipinski definition) is 1. The van der Waals surface area contributed by atoms with Gasteiger partial charge in [-0.15, -0.1) is 0 Å². The molecule has 1 aliphatic carbocycles. The van der Waals surface area contributed by atoms with Crippen LogP contribution < -0.4 is 0 Å². The van der Waals surface area contributed by atoms with Gasteiger partial charge < -0.3 is 22.1 Å². The van der Waals surface area contributed by atoms with Crippen LogP contribution in [0.15, 0.2) is 30.3 Å². The molecule has 0 spiro atoms. The third kappa shape index (κ3) is 12.6. The second-order valence-corrected chi connectivity index (χ2v) is 5.20. The van der Waals surface area contributed by atoms with Gasteiger partial charge in [-0.05, 0) is 11.6 Å². The van der Waals surface area contributed by atoms with Crippen molar-refractivity contribution >= 4 is 37.7 Å². The number of ketones is 2. The third-order valence-electron chi connectivity index (χ3n) is 1.84. The lowest BCUT2D eigenvalue weighted by Crippen LogP contribution is -2.15. The van der Waals surface area contributed by atoms with Gasteiger partial charge in [-0.3, -0.25) is 24.0 Å². The molecule has 0 aromatic heterocycles. The van der Waals surface area contributed by atoms with Crippen molar-refractivity contribution in [2.24, 2.45) is 0 Å². The van der Waals surface area contributed by atoms with Gasteiger partial charge in [0.15, 0.2) is 0 Å². The van der Waals surface area contributed by atoms with Crippen LogP contribution in [0.5, 0.6) is 0 Å². The monoisotopic (exact) mass is 358 g/mol. The number of halogens is 1. The highest BCUT2D eigenvalue weighted by atomic mass is 35.7. The molecule has 1 aromatic carbocycles. The maximum atomic E-state index is 11.2. The Kier molecular flexibility index (Phi) is 11.4. The van der Waals surface area contributed by atoms with Crippen molar-refractivity contribution in [2.45, 2.75) is 0 Å². The summed E-state index contributed by atoms with van der Waals surface area (Å²) in [7, 11) is -0.137. The van der Waals surface area contributed by atoms with Gasteiger partial charge in [-0.2, -0.15) is 8.42 Å². The predicted molar refractivity (Wildman–Crippen MR) is 82.4 cm³/mol. The molecule has 2 rings (SSSR count). The topological polar surface area (TPSA) is 206 Å². The highest BCUT2D eigenvalue weighted by Gasteiger charge is 2.19. The van der Waals surface area contributed by atoms with E-state index in [1.807, 2.05) is 12.1 Å². The summed E-state index contributed by atoms with van der Waals surface area (Å²) in [5, 5.41) is 0. The van der Waals surface area contributed by atoms with Crippen molar-refractivity contribution in [3.05, 3.63) is 73.4 Å². The molecule has 0 amide bonds. The average Bonchev–Trinajstić information content (AvgIpc) is 2.43. The minimum absolute atomic E-state index is 0.409. The largest absolute Gasteiger partial charge is 0.373 e. The van der Waals surface area contributed by atoms with E-state index in [1.165, 1.54) is 15.9 Å². The molecular formula is C10H7ClN6O5S-2. The number of nitrogens with zero attached hydrogens (tertiary/aromatic N) is 6. The van der Waals surface area contributed by atoms with E-state index in [4.69, 9.17) is 35.1 Å². The minimum Gasteiger partial charge on any atom is -0.373 e. The first kappa shape index (κ1) is 22.4. The van der Waals surface area contributed by atoms with E-state index in [0.717, 1.165) is 5.56 Å². The Morgan fingerprint density at radius 1 is 0.957 bits per heavy atom. The van der Waals surface area contributed by atoms with E-state index in [-0.39, 0.29) is 0 Å². The quantitative estimate of drug-likeness (QED) is 0.184. The number of rotatable bonds is 0. The lowest BCUT2D eigenvalue weighted by molar-refractivity contribution is -0.110. The van der Waals surface area contributed by atoms with E-state index in [2.05, 4.69) is 10.7 Å². The van der Waals surface area contributed by atoms with Crippen molar-refractivity contribution < 1.29 is 22.6 Å². The van der Waals surface area contributed by atoms with E-state index < -0.39 is 20.9 Å². The number of fused-ring (bicyclic) bond motifs is 1. The molecule has 13 heteroatoms. The molecule has 11 nitrogen and oxygen atoms in total. The normalized spacial score (nSPS) is 10.9. The van der Waals surface area contributed by atoms with E-state index in [9.17, 15) is 9.59 Å². The molecule has 1 aliphatic rings. The maximum Gasteiger partial charge on any atom is 0.353 e. The highest BCUT2D eigenvalue weighted by molar-refractivity contribution is 8.09. The summed E-state index contributed by atoms with van der Waals surface area (Å²) >= 11 is 0. The summed E-state index contributed by atoms with van der Waals surface area (Å²) < 4.78 is 25.2. The zero-order chi connectivity index (χ0) is 18.5. The Hall–Kier alpha value is -2.88. The zero-order valence-electron chi connectivity index (χ0n) is 11.0. The lowest BCUT2D eigenvalue weighted by Gasteiger charge is -2.06. The minimum atomic E-state index is -4.19. The van der Waals surface area contributed by atoms with Gasteiger partial charge in [-0.1, -0.05) is 30.3 Å². The number of carbonyl (C=O) groups excluding carboxylic acids is 2. The van der Waals surface area contributed by atoms with Gasteiger partial charge in [0.05, 0.1) is 0 Å². The summed E-state index contributed by atoms with van der Waals surface area (Å²) in [6, 6.07) is 7.07. The smallest absolute Gasteiger partial charge is 0.353 e. The van der Waals surface area contributed by atoms with Crippen LogP contribution in [0.2, 0.25) is 0 Å². The fourth-order valence-electron chi connectivity index (χ4n) is 1.22. The van der Waals surface area contributed by atoms with Crippen molar-refractivity contribution in [1.29, 1.82) is 0 Å². The molecule has 0 heterocycles. The molecular weight excluding hydrogens is 352 g/mol. The SMILES string of the molecule is O=C1C=Cc2ccccc2C1=O.O=S(=O)(O)Cl.[N-]=[N+]=[N-].[N-]=[N+]=[N-]. The Labute approximate surface area is 134 Å². The summed E-state index contributed by atoms with van der Waals surface area (Å²) in [5.41, 5.74) is 28.3. The second kappa shape index (κ2) is 11.7. The number of Topliss-reactive ketones (excluding diaryl/α,β-unsaturated/α-hetero) is 1. The van der Waals surface area contributed by atoms with Crippen molar-refractivity contribution in [3.63, 3.8) is 0 Å². The Balaban J connectivity index is 0. The van der Waals surface area contributed by atoms with Gasteiger partial charge in [0.25, 0.3) is 0 Å². The zero-order valence-corrected chi connectivity index (χ0v) is 12.6. The molecule has 23 heavy (non-hydrogen) atoms. The predicted octanol–water partition coefficient (Wildman–Crippen LogP) is 3.23. The molecule has 1 aromatic rings. The van der Waals surface area contributed by atoms with Gasteiger partial charge in [0, 0.05) is 16.2 Å². The summed E-state index contributed by atoms with van der Waals surface area (Å²) in [5.74, 6) is -0.846. The van der Waals surface area contributed by atoms with Crippen LogP contribution in [-0.2, 0) is 14.1 Å². The van der Waals surface area contributed by atoms with Crippen LogP contribution in [-0.4, -0.2) is 24.5 Å². The highest BCUT2D eigenvalue weighted by Crippen LogP contribution is 2.16. The molecule has 0 bridgehead atoms. The summed E-state index contributed by atoms with van der Waals surface area (Å²) in [4.78, 5) is 25.1. The molecule has 0 fully saturated rings. The van der Waals surface area contributed by atoms with Crippen molar-refractivity contribution in [2.75, 3.05) is 0 Å². The van der Waals surface area contributed by atoms with Crippen LogP contribution >= 0.6 is 10.7 Å². The number of carbonyl (C=O) groups is 2. The van der Waals surface area contributed by atoms with E-state index in [0.29, 0.717) is 5.56 Å². The maximum absolute atomic E-state index is 11.2. The van der Waals surface area contributed by atoms with Crippen LogP contribution in [0.4, 0.5) is 0 Å². The average molecular weight is 359 g/mol. The molecule has 0 saturated carbocycles. The standard InChI is InChI=1S/C10H6O2.ClHO3S.2N3/c11-9-6-5-7-3-1-2-4-8(7)10(9)12;1-5(2,3)4;2*1-3-2/h1-6H;(H,2,3,4);;/q;;2*-1. The summed E-state index contributed by atoms with van der Waals surface area (Å²) in [6.07, 6.45) is 2.98. The van der Waals surface area contributed by atoms with Crippen LogP contribution in [0, 0.1) is 0 Å². The fraction of sp³-hybridized carbons (Fsp3) is 0. The van der Waals surface area contributed by atoms with Crippen LogP contribution in [0.3, 0.4) is 0 Å². The first-order chi connectivity index (χ1) is 10.6. The first-order valence-corrected chi connectivity index (χ1v) is 7.38. The van der Waals surface area contributed by atoms with Crippen molar-refractivity contribution in [3.8, 4) is 0 Å². The van der Waals surface area contributed by atoms with Gasteiger partial charge in [0.1, 0.15) is 0 Å². The summed E-state index contributed by atoms with van der Waals surface area (Å²) in [6.45, 7) is 0. The lowest BCUT2D eigenvalue weighted by atomic mass is 9.96. The van der Waals surface area contributed by atoms with Crippen LogP contribution in [0.1, 0.15) is 15.9 Å². The number of hydrogen-bond acceptors (Lipinski definition) is 4. The molecule has 0 aliphatic heterocycles. The van der Waals surface area contributed by atoms with E-state index >= 15 is 0 Å². The van der Waals surface area contributed by atoms with Gasteiger partial charge in [0.2, 0.25) is 11.6 Å². The van der Waals surface area contributed by atoms with Crippen LogP contribution in [0.25, 0.3) is 38.0 Å². The molecule has 0 saturated heterocycles.